The Bertz CT molecular complexity index is 495. The van der Waals surface area contributed by atoms with Crippen LogP contribution in [0.5, 0.6) is 0 Å². The van der Waals surface area contributed by atoms with Crippen LogP contribution in [0.2, 0.25) is 0 Å². The Morgan fingerprint density at radius 1 is 1.39 bits per heavy atom. The minimum absolute atomic E-state index is 0.750. The summed E-state index contributed by atoms with van der Waals surface area (Å²) in [7, 11) is 1.71. The van der Waals surface area contributed by atoms with E-state index in [1.807, 2.05) is 30.1 Å². The number of nitrogens with one attached hydrogen (secondary N) is 1. The van der Waals surface area contributed by atoms with Crippen LogP contribution in [0.4, 0.5) is 5.95 Å². The fourth-order valence-electron chi connectivity index (χ4n) is 1.73. The number of methoxy groups -OCH3 is 1. The molecule has 2 heterocycles. The van der Waals surface area contributed by atoms with Crippen molar-refractivity contribution in [2.45, 2.75) is 13.3 Å². The first-order valence-electron chi connectivity index (χ1n) is 5.99. The Balaban J connectivity index is 2.08. The highest BCUT2D eigenvalue weighted by Gasteiger charge is 2.04. The van der Waals surface area contributed by atoms with Crippen LogP contribution in [0.25, 0.3) is 5.69 Å². The number of ether oxygens (including phenoxy) is 1. The highest BCUT2D eigenvalue weighted by Crippen LogP contribution is 2.14. The predicted molar refractivity (Wildman–Crippen MR) is 71.1 cm³/mol. The van der Waals surface area contributed by atoms with Gasteiger partial charge in [-0.3, -0.25) is 9.55 Å². The normalized spacial score (nSPS) is 10.6. The van der Waals surface area contributed by atoms with Gasteiger partial charge < -0.3 is 10.1 Å². The minimum Gasteiger partial charge on any atom is -0.385 e. The van der Waals surface area contributed by atoms with Crippen molar-refractivity contribution in [2.24, 2.45) is 0 Å². The number of hydrogen-bond donors (Lipinski definition) is 1. The first-order valence-corrected chi connectivity index (χ1v) is 5.99. The van der Waals surface area contributed by atoms with Gasteiger partial charge in [-0.2, -0.15) is 0 Å². The number of aryl methyl sites for hydroxylation is 1. The van der Waals surface area contributed by atoms with Gasteiger partial charge >= 0.3 is 0 Å². The molecule has 96 valence electrons. The Hall–Kier alpha value is -1.88. The summed E-state index contributed by atoms with van der Waals surface area (Å²) < 4.78 is 7.01. The maximum atomic E-state index is 5.01. The summed E-state index contributed by atoms with van der Waals surface area (Å²) in [5, 5.41) is 3.29. The van der Waals surface area contributed by atoms with Crippen molar-refractivity contribution in [3.05, 3.63) is 36.4 Å². The van der Waals surface area contributed by atoms with Crippen LogP contribution in [0.15, 0.2) is 30.9 Å². The summed E-state index contributed by atoms with van der Waals surface area (Å²) in [5.41, 5.74) is 2.15. The monoisotopic (exact) mass is 246 g/mol. The van der Waals surface area contributed by atoms with Crippen LogP contribution in [-0.2, 0) is 4.74 Å². The number of aromatic nitrogens is 3. The van der Waals surface area contributed by atoms with Gasteiger partial charge in [0.05, 0.1) is 11.9 Å². The van der Waals surface area contributed by atoms with Gasteiger partial charge in [-0.05, 0) is 25.0 Å². The molecule has 2 aromatic heterocycles. The lowest BCUT2D eigenvalue weighted by molar-refractivity contribution is 0.197. The standard InChI is InChI=1S/C13H18N4O/c1-11-8-12(10-14-9-11)17-6-5-16-13(17)15-4-3-7-18-2/h5-6,8-10H,3-4,7H2,1-2H3,(H,15,16). The third kappa shape index (κ3) is 3.07. The number of anilines is 1. The van der Waals surface area contributed by atoms with E-state index in [1.165, 1.54) is 0 Å². The summed E-state index contributed by atoms with van der Waals surface area (Å²) in [5.74, 6) is 0.832. The van der Waals surface area contributed by atoms with Crippen LogP contribution < -0.4 is 5.32 Å². The van der Waals surface area contributed by atoms with E-state index in [0.29, 0.717) is 0 Å². The van der Waals surface area contributed by atoms with Gasteiger partial charge in [-0.25, -0.2) is 4.98 Å². The molecule has 0 aliphatic carbocycles. The Kier molecular flexibility index (Phi) is 4.30. The highest BCUT2D eigenvalue weighted by molar-refractivity contribution is 5.41. The molecule has 5 heteroatoms. The maximum Gasteiger partial charge on any atom is 0.207 e. The van der Waals surface area contributed by atoms with E-state index in [-0.39, 0.29) is 0 Å². The molecule has 0 aromatic carbocycles. The zero-order valence-corrected chi connectivity index (χ0v) is 10.8. The third-order valence-electron chi connectivity index (χ3n) is 2.59. The molecule has 0 aliphatic rings. The maximum absolute atomic E-state index is 5.01. The molecule has 0 radical (unpaired) electrons. The zero-order chi connectivity index (χ0) is 12.8. The van der Waals surface area contributed by atoms with Crippen molar-refractivity contribution in [3.8, 4) is 5.69 Å². The molecular weight excluding hydrogens is 228 g/mol. The van der Waals surface area contributed by atoms with Gasteiger partial charge in [0.1, 0.15) is 0 Å². The van der Waals surface area contributed by atoms with Crippen LogP contribution >= 0.6 is 0 Å². The first-order chi connectivity index (χ1) is 8.81. The molecule has 0 spiro atoms. The molecule has 0 aliphatic heterocycles. The second-order valence-corrected chi connectivity index (χ2v) is 4.11. The SMILES string of the molecule is COCCCNc1nccn1-c1cncc(C)c1. The highest BCUT2D eigenvalue weighted by atomic mass is 16.5. The van der Waals surface area contributed by atoms with E-state index < -0.39 is 0 Å². The average molecular weight is 246 g/mol. The van der Waals surface area contributed by atoms with Gasteiger partial charge in [-0.1, -0.05) is 0 Å². The molecule has 0 fully saturated rings. The molecular formula is C13H18N4O. The topological polar surface area (TPSA) is 52.0 Å². The van der Waals surface area contributed by atoms with Crippen LogP contribution in [0.1, 0.15) is 12.0 Å². The van der Waals surface area contributed by atoms with Gasteiger partial charge in [0.25, 0.3) is 0 Å². The number of pyridine rings is 1. The van der Waals surface area contributed by atoms with E-state index in [2.05, 4.69) is 21.4 Å². The van der Waals surface area contributed by atoms with Crippen LogP contribution in [0.3, 0.4) is 0 Å². The summed E-state index contributed by atoms with van der Waals surface area (Å²) >= 11 is 0. The van der Waals surface area contributed by atoms with Crippen molar-refractivity contribution in [2.75, 3.05) is 25.6 Å². The molecule has 2 rings (SSSR count). The second kappa shape index (κ2) is 6.16. The fraction of sp³-hybridized carbons (Fsp3) is 0.385. The summed E-state index contributed by atoms with van der Waals surface area (Å²) in [6.07, 6.45) is 8.33. The van der Waals surface area contributed by atoms with Gasteiger partial charge in [0, 0.05) is 38.9 Å². The lowest BCUT2D eigenvalue weighted by Gasteiger charge is -2.09. The van der Waals surface area contributed by atoms with E-state index in [4.69, 9.17) is 4.74 Å². The average Bonchev–Trinajstić information content (AvgIpc) is 2.83. The number of hydrogen-bond acceptors (Lipinski definition) is 4. The quantitative estimate of drug-likeness (QED) is 0.792. The Morgan fingerprint density at radius 2 is 2.28 bits per heavy atom. The Labute approximate surface area is 107 Å². The molecule has 5 nitrogen and oxygen atoms in total. The van der Waals surface area contributed by atoms with Gasteiger partial charge in [0.15, 0.2) is 0 Å². The smallest absolute Gasteiger partial charge is 0.207 e. The molecule has 1 N–H and O–H groups in total. The molecule has 0 bridgehead atoms. The largest absolute Gasteiger partial charge is 0.385 e. The molecule has 2 aromatic rings. The third-order valence-corrected chi connectivity index (χ3v) is 2.59. The summed E-state index contributed by atoms with van der Waals surface area (Å²) in [6, 6.07) is 2.08. The van der Waals surface area contributed by atoms with E-state index in [0.717, 1.165) is 36.8 Å². The van der Waals surface area contributed by atoms with Crippen molar-refractivity contribution >= 4 is 5.95 Å². The zero-order valence-electron chi connectivity index (χ0n) is 10.8. The van der Waals surface area contributed by atoms with Crippen molar-refractivity contribution in [1.29, 1.82) is 0 Å². The lowest BCUT2D eigenvalue weighted by atomic mass is 10.3. The fourth-order valence-corrected chi connectivity index (χ4v) is 1.73. The number of imidazole rings is 1. The van der Waals surface area contributed by atoms with E-state index in [1.54, 1.807) is 13.3 Å². The predicted octanol–water partition coefficient (Wildman–Crippen LogP) is 2.02. The van der Waals surface area contributed by atoms with Crippen molar-refractivity contribution in [3.63, 3.8) is 0 Å². The summed E-state index contributed by atoms with van der Waals surface area (Å²) in [4.78, 5) is 8.50. The minimum atomic E-state index is 0.750. The van der Waals surface area contributed by atoms with E-state index >= 15 is 0 Å². The molecule has 0 atom stereocenters. The second-order valence-electron chi connectivity index (χ2n) is 4.11. The molecule has 0 saturated carbocycles. The summed E-state index contributed by atoms with van der Waals surface area (Å²) in [6.45, 7) is 3.61. The molecule has 18 heavy (non-hydrogen) atoms. The number of nitrogens with zero attached hydrogens (tertiary/aromatic N) is 3. The lowest BCUT2D eigenvalue weighted by Crippen LogP contribution is -2.09. The van der Waals surface area contributed by atoms with Crippen LogP contribution in [0, 0.1) is 6.92 Å². The molecule has 0 unspecified atom stereocenters. The first kappa shape index (κ1) is 12.6. The molecule has 0 amide bonds. The van der Waals surface area contributed by atoms with Crippen molar-refractivity contribution < 1.29 is 4.74 Å². The van der Waals surface area contributed by atoms with Gasteiger partial charge in [0.2, 0.25) is 5.95 Å². The number of rotatable bonds is 6. The Morgan fingerprint density at radius 3 is 3.06 bits per heavy atom. The van der Waals surface area contributed by atoms with Crippen LogP contribution in [-0.4, -0.2) is 34.8 Å². The molecule has 0 saturated heterocycles. The van der Waals surface area contributed by atoms with Gasteiger partial charge in [-0.15, -0.1) is 0 Å². The van der Waals surface area contributed by atoms with Crippen molar-refractivity contribution in [1.82, 2.24) is 14.5 Å². The van der Waals surface area contributed by atoms with E-state index in [9.17, 15) is 0 Å².